The van der Waals surface area contributed by atoms with Gasteiger partial charge in [-0.25, -0.2) is 10.9 Å². The van der Waals surface area contributed by atoms with Crippen LogP contribution in [-0.2, 0) is 4.84 Å². The highest BCUT2D eigenvalue weighted by Gasteiger charge is 2.07. The predicted octanol–water partition coefficient (Wildman–Crippen LogP) is 1.58. The summed E-state index contributed by atoms with van der Waals surface area (Å²) >= 11 is 0. The molecule has 72 valence electrons. The molecule has 0 saturated carbocycles. The number of para-hydroxylation sites is 2. The molecule has 1 aromatic heterocycles. The Morgan fingerprint density at radius 3 is 2.71 bits per heavy atom. The molecule has 1 unspecified atom stereocenters. The lowest BCUT2D eigenvalue weighted by molar-refractivity contribution is 0.0634. The number of hydrogen-bond acceptors (Lipinski definition) is 4. The number of aromatic nitrogens is 2. The van der Waals surface area contributed by atoms with Crippen LogP contribution in [0.25, 0.3) is 11.0 Å². The molecule has 0 saturated heterocycles. The van der Waals surface area contributed by atoms with Crippen LogP contribution in [0.1, 0.15) is 18.7 Å². The van der Waals surface area contributed by atoms with Crippen LogP contribution in [0.15, 0.2) is 30.5 Å². The first kappa shape index (κ1) is 9.05. The maximum absolute atomic E-state index is 5.08. The Balaban J connectivity index is 2.51. The first-order valence-electron chi connectivity index (χ1n) is 4.38. The minimum Gasteiger partial charge on any atom is -0.295 e. The van der Waals surface area contributed by atoms with Crippen molar-refractivity contribution < 1.29 is 4.84 Å². The molecule has 0 amide bonds. The van der Waals surface area contributed by atoms with Gasteiger partial charge < -0.3 is 0 Å². The molecule has 0 aliphatic heterocycles. The van der Waals surface area contributed by atoms with Gasteiger partial charge in [0.1, 0.15) is 6.10 Å². The minimum atomic E-state index is -0.230. The zero-order chi connectivity index (χ0) is 9.97. The summed E-state index contributed by atoms with van der Waals surface area (Å²) in [6, 6.07) is 7.68. The van der Waals surface area contributed by atoms with Crippen molar-refractivity contribution in [2.45, 2.75) is 13.0 Å². The van der Waals surface area contributed by atoms with Gasteiger partial charge in [-0.1, -0.05) is 12.1 Å². The van der Waals surface area contributed by atoms with E-state index in [0.717, 1.165) is 16.7 Å². The average Bonchev–Trinajstić information content (AvgIpc) is 2.27. The molecule has 1 heterocycles. The highest BCUT2D eigenvalue weighted by molar-refractivity contribution is 5.73. The van der Waals surface area contributed by atoms with Gasteiger partial charge in [0.2, 0.25) is 0 Å². The zero-order valence-electron chi connectivity index (χ0n) is 7.84. The molecule has 4 heteroatoms. The smallest absolute Gasteiger partial charge is 0.119 e. The van der Waals surface area contributed by atoms with Gasteiger partial charge in [-0.05, 0) is 19.1 Å². The third kappa shape index (κ3) is 1.57. The van der Waals surface area contributed by atoms with Crippen molar-refractivity contribution in [2.24, 2.45) is 5.90 Å². The molecule has 0 bridgehead atoms. The number of rotatable bonds is 2. The molecule has 14 heavy (non-hydrogen) atoms. The molecule has 2 rings (SSSR count). The molecular weight excluding hydrogens is 178 g/mol. The Bertz CT molecular complexity index is 444. The second-order valence-electron chi connectivity index (χ2n) is 3.06. The highest BCUT2D eigenvalue weighted by atomic mass is 16.6. The van der Waals surface area contributed by atoms with Gasteiger partial charge in [-0.3, -0.25) is 9.82 Å². The first-order valence-corrected chi connectivity index (χ1v) is 4.38. The van der Waals surface area contributed by atoms with Crippen molar-refractivity contribution in [3.05, 3.63) is 36.2 Å². The molecular formula is C10H11N3O. The quantitative estimate of drug-likeness (QED) is 0.728. The Hall–Kier alpha value is -1.52. The van der Waals surface area contributed by atoms with Crippen LogP contribution < -0.4 is 5.90 Å². The topological polar surface area (TPSA) is 61.0 Å². The Kier molecular flexibility index (Phi) is 2.39. The summed E-state index contributed by atoms with van der Waals surface area (Å²) in [5, 5.41) is 0. The third-order valence-electron chi connectivity index (χ3n) is 2.09. The summed E-state index contributed by atoms with van der Waals surface area (Å²) in [5.74, 6) is 5.08. The maximum Gasteiger partial charge on any atom is 0.119 e. The fourth-order valence-electron chi connectivity index (χ4n) is 1.24. The summed E-state index contributed by atoms with van der Waals surface area (Å²) in [5.41, 5.74) is 2.47. The molecule has 1 atom stereocenters. The molecule has 0 spiro atoms. The monoisotopic (exact) mass is 189 g/mol. The second kappa shape index (κ2) is 3.69. The molecule has 2 aromatic rings. The summed E-state index contributed by atoms with van der Waals surface area (Å²) in [4.78, 5) is 13.3. The molecule has 4 nitrogen and oxygen atoms in total. The lowest BCUT2D eigenvalue weighted by atomic mass is 10.2. The SMILES string of the molecule is CC(ON)c1cnc2ccccc2n1. The zero-order valence-corrected chi connectivity index (χ0v) is 7.84. The van der Waals surface area contributed by atoms with Crippen molar-refractivity contribution in [1.29, 1.82) is 0 Å². The second-order valence-corrected chi connectivity index (χ2v) is 3.06. The van der Waals surface area contributed by atoms with Gasteiger partial charge in [-0.15, -0.1) is 0 Å². The van der Waals surface area contributed by atoms with Gasteiger partial charge >= 0.3 is 0 Å². The summed E-state index contributed by atoms with van der Waals surface area (Å²) in [6.45, 7) is 1.83. The fraction of sp³-hybridized carbons (Fsp3) is 0.200. The van der Waals surface area contributed by atoms with Crippen molar-refractivity contribution in [2.75, 3.05) is 0 Å². The number of benzene rings is 1. The van der Waals surface area contributed by atoms with Gasteiger partial charge in [0, 0.05) is 0 Å². The standard InChI is InChI=1S/C10H11N3O/c1-7(14-11)10-6-12-8-4-2-3-5-9(8)13-10/h2-7H,11H2,1H3. The van der Waals surface area contributed by atoms with E-state index in [2.05, 4.69) is 14.8 Å². The van der Waals surface area contributed by atoms with Crippen LogP contribution in [0, 0.1) is 0 Å². The van der Waals surface area contributed by atoms with Gasteiger partial charge in [0.05, 0.1) is 22.9 Å². The van der Waals surface area contributed by atoms with Crippen LogP contribution in [0.2, 0.25) is 0 Å². The van der Waals surface area contributed by atoms with E-state index in [9.17, 15) is 0 Å². The lowest BCUT2D eigenvalue weighted by Crippen LogP contribution is -2.07. The van der Waals surface area contributed by atoms with E-state index in [1.807, 2.05) is 31.2 Å². The van der Waals surface area contributed by atoms with E-state index in [1.54, 1.807) is 6.20 Å². The number of fused-ring (bicyclic) bond motifs is 1. The summed E-state index contributed by atoms with van der Waals surface area (Å²) in [6.07, 6.45) is 1.45. The van der Waals surface area contributed by atoms with E-state index in [-0.39, 0.29) is 6.10 Å². The molecule has 2 N–H and O–H groups in total. The van der Waals surface area contributed by atoms with Crippen LogP contribution in [-0.4, -0.2) is 9.97 Å². The van der Waals surface area contributed by atoms with Gasteiger partial charge in [0.25, 0.3) is 0 Å². The predicted molar refractivity (Wildman–Crippen MR) is 53.2 cm³/mol. The molecule has 0 radical (unpaired) electrons. The number of hydrogen-bond donors (Lipinski definition) is 1. The summed E-state index contributed by atoms with van der Waals surface area (Å²) < 4.78 is 0. The van der Waals surface area contributed by atoms with E-state index in [0.29, 0.717) is 0 Å². The minimum absolute atomic E-state index is 0.230. The normalized spacial score (nSPS) is 13.0. The Morgan fingerprint density at radius 2 is 2.00 bits per heavy atom. The van der Waals surface area contributed by atoms with Crippen LogP contribution >= 0.6 is 0 Å². The van der Waals surface area contributed by atoms with Gasteiger partial charge in [-0.2, -0.15) is 0 Å². The van der Waals surface area contributed by atoms with Crippen molar-refractivity contribution >= 4 is 11.0 Å². The van der Waals surface area contributed by atoms with E-state index in [1.165, 1.54) is 0 Å². The number of nitrogens with two attached hydrogens (primary N) is 1. The molecule has 0 fully saturated rings. The van der Waals surface area contributed by atoms with E-state index < -0.39 is 0 Å². The Labute approximate surface area is 81.7 Å². The third-order valence-corrected chi connectivity index (χ3v) is 2.09. The maximum atomic E-state index is 5.08. The molecule has 0 aliphatic carbocycles. The summed E-state index contributed by atoms with van der Waals surface area (Å²) in [7, 11) is 0. The molecule has 0 aliphatic rings. The highest BCUT2D eigenvalue weighted by Crippen LogP contribution is 2.14. The molecule has 1 aromatic carbocycles. The fourth-order valence-corrected chi connectivity index (χ4v) is 1.24. The lowest BCUT2D eigenvalue weighted by Gasteiger charge is -2.07. The average molecular weight is 189 g/mol. The van der Waals surface area contributed by atoms with Crippen LogP contribution in [0.3, 0.4) is 0 Å². The van der Waals surface area contributed by atoms with Crippen LogP contribution in [0.4, 0.5) is 0 Å². The van der Waals surface area contributed by atoms with E-state index >= 15 is 0 Å². The van der Waals surface area contributed by atoms with E-state index in [4.69, 9.17) is 5.90 Å². The van der Waals surface area contributed by atoms with Crippen LogP contribution in [0.5, 0.6) is 0 Å². The van der Waals surface area contributed by atoms with Crippen molar-refractivity contribution in [3.8, 4) is 0 Å². The van der Waals surface area contributed by atoms with Crippen molar-refractivity contribution in [3.63, 3.8) is 0 Å². The Morgan fingerprint density at radius 1 is 1.29 bits per heavy atom. The largest absolute Gasteiger partial charge is 0.295 e. The number of nitrogens with zero attached hydrogens (tertiary/aromatic N) is 2. The first-order chi connectivity index (χ1) is 6.81. The van der Waals surface area contributed by atoms with Crippen molar-refractivity contribution in [1.82, 2.24) is 9.97 Å². The van der Waals surface area contributed by atoms with Gasteiger partial charge in [0.15, 0.2) is 0 Å².